The first kappa shape index (κ1) is 8.23. The molecule has 0 fully saturated rings. The first-order valence-corrected chi connectivity index (χ1v) is 4.45. The van der Waals surface area contributed by atoms with E-state index in [1.807, 2.05) is 12.3 Å². The molecule has 3 nitrogen and oxygen atoms in total. The number of hydrogen-bond acceptors (Lipinski definition) is 2. The third-order valence-corrected chi connectivity index (χ3v) is 2.40. The van der Waals surface area contributed by atoms with Crippen LogP contribution in [-0.4, -0.2) is 22.8 Å². The summed E-state index contributed by atoms with van der Waals surface area (Å²) in [6, 6.07) is 1.95. The second-order valence-electron chi connectivity index (χ2n) is 3.35. The summed E-state index contributed by atoms with van der Waals surface area (Å²) in [5, 5.41) is 0. The van der Waals surface area contributed by atoms with E-state index in [1.54, 1.807) is 11.9 Å². The SMILES string of the molecule is CCc1cnc2c(c1)C(=O)N(C)C2. The first-order valence-electron chi connectivity index (χ1n) is 4.45. The van der Waals surface area contributed by atoms with Gasteiger partial charge < -0.3 is 4.90 Å². The monoisotopic (exact) mass is 176 g/mol. The van der Waals surface area contributed by atoms with Crippen LogP contribution < -0.4 is 0 Å². The summed E-state index contributed by atoms with van der Waals surface area (Å²) in [6.45, 7) is 2.71. The molecule has 1 aliphatic rings. The van der Waals surface area contributed by atoms with E-state index in [-0.39, 0.29) is 5.91 Å². The highest BCUT2D eigenvalue weighted by molar-refractivity contribution is 5.97. The van der Waals surface area contributed by atoms with Crippen LogP contribution in [0.25, 0.3) is 0 Å². The van der Waals surface area contributed by atoms with Gasteiger partial charge in [0.05, 0.1) is 17.8 Å². The summed E-state index contributed by atoms with van der Waals surface area (Å²) >= 11 is 0. The Bertz CT molecular complexity index is 360. The number of aromatic nitrogens is 1. The Hall–Kier alpha value is -1.38. The molecule has 13 heavy (non-hydrogen) atoms. The van der Waals surface area contributed by atoms with Crippen molar-refractivity contribution in [2.45, 2.75) is 19.9 Å². The molecule has 2 rings (SSSR count). The number of carbonyl (C=O) groups is 1. The number of aryl methyl sites for hydroxylation is 1. The molecule has 0 aromatic carbocycles. The van der Waals surface area contributed by atoms with Crippen molar-refractivity contribution in [2.24, 2.45) is 0 Å². The number of pyridine rings is 1. The lowest BCUT2D eigenvalue weighted by Gasteiger charge is -2.04. The highest BCUT2D eigenvalue weighted by Gasteiger charge is 2.25. The highest BCUT2D eigenvalue weighted by atomic mass is 16.2. The fraction of sp³-hybridized carbons (Fsp3) is 0.400. The molecule has 1 aromatic heterocycles. The second-order valence-corrected chi connectivity index (χ2v) is 3.35. The molecule has 0 N–H and O–H groups in total. The molecule has 0 spiro atoms. The summed E-state index contributed by atoms with van der Waals surface area (Å²) in [5.74, 6) is 0.0952. The molecule has 0 atom stereocenters. The minimum atomic E-state index is 0.0952. The van der Waals surface area contributed by atoms with Crippen LogP contribution in [0.3, 0.4) is 0 Å². The second kappa shape index (κ2) is 2.83. The molecule has 2 heterocycles. The van der Waals surface area contributed by atoms with E-state index < -0.39 is 0 Å². The summed E-state index contributed by atoms with van der Waals surface area (Å²) in [6.07, 6.45) is 2.78. The van der Waals surface area contributed by atoms with Crippen LogP contribution in [0.5, 0.6) is 0 Å². The van der Waals surface area contributed by atoms with Gasteiger partial charge in [0, 0.05) is 13.2 Å². The van der Waals surface area contributed by atoms with Crippen molar-refractivity contribution in [2.75, 3.05) is 7.05 Å². The third-order valence-electron chi connectivity index (χ3n) is 2.40. The van der Waals surface area contributed by atoms with Gasteiger partial charge in [-0.15, -0.1) is 0 Å². The number of rotatable bonds is 1. The summed E-state index contributed by atoms with van der Waals surface area (Å²) in [7, 11) is 1.80. The topological polar surface area (TPSA) is 33.2 Å². The largest absolute Gasteiger partial charge is 0.336 e. The third kappa shape index (κ3) is 1.20. The molecule has 0 unspecified atom stereocenters. The molecule has 1 aromatic rings. The molecule has 0 aliphatic carbocycles. The van der Waals surface area contributed by atoms with Crippen LogP contribution in [0, 0.1) is 0 Å². The van der Waals surface area contributed by atoms with Gasteiger partial charge in [0.1, 0.15) is 0 Å². The zero-order valence-electron chi connectivity index (χ0n) is 7.87. The Kier molecular flexibility index (Phi) is 1.79. The maximum atomic E-state index is 11.6. The standard InChI is InChI=1S/C10H12N2O/c1-3-7-4-8-9(11-5-7)6-12(2)10(8)13/h4-5H,3,6H2,1-2H3. The fourth-order valence-electron chi connectivity index (χ4n) is 1.54. The van der Waals surface area contributed by atoms with Crippen molar-refractivity contribution in [3.05, 3.63) is 29.1 Å². The smallest absolute Gasteiger partial charge is 0.255 e. The lowest BCUT2D eigenvalue weighted by molar-refractivity contribution is 0.0816. The normalized spacial score (nSPS) is 14.9. The molecule has 68 valence electrons. The number of nitrogens with zero attached hydrogens (tertiary/aromatic N) is 2. The number of hydrogen-bond donors (Lipinski definition) is 0. The van der Waals surface area contributed by atoms with E-state index in [1.165, 1.54) is 0 Å². The van der Waals surface area contributed by atoms with Crippen molar-refractivity contribution in [1.29, 1.82) is 0 Å². The summed E-state index contributed by atoms with van der Waals surface area (Å²) in [4.78, 5) is 17.5. The van der Waals surface area contributed by atoms with Crippen molar-refractivity contribution >= 4 is 5.91 Å². The zero-order chi connectivity index (χ0) is 9.42. The predicted octanol–water partition coefficient (Wildman–Crippen LogP) is 1.23. The molecule has 0 saturated carbocycles. The lowest BCUT2D eigenvalue weighted by atomic mass is 10.1. The fourth-order valence-corrected chi connectivity index (χ4v) is 1.54. The molecule has 3 heteroatoms. The average molecular weight is 176 g/mol. The van der Waals surface area contributed by atoms with Crippen molar-refractivity contribution in [1.82, 2.24) is 9.88 Å². The Balaban J connectivity index is 2.48. The minimum absolute atomic E-state index is 0.0952. The molecule has 1 aliphatic heterocycles. The molecule has 0 saturated heterocycles. The van der Waals surface area contributed by atoms with Gasteiger partial charge in [0.15, 0.2) is 0 Å². The maximum Gasteiger partial charge on any atom is 0.255 e. The van der Waals surface area contributed by atoms with Crippen LogP contribution in [-0.2, 0) is 13.0 Å². The van der Waals surface area contributed by atoms with Gasteiger partial charge >= 0.3 is 0 Å². The number of amides is 1. The van der Waals surface area contributed by atoms with E-state index in [2.05, 4.69) is 11.9 Å². The minimum Gasteiger partial charge on any atom is -0.336 e. The van der Waals surface area contributed by atoms with Gasteiger partial charge in [-0.25, -0.2) is 0 Å². The Morgan fingerprint density at radius 2 is 2.38 bits per heavy atom. The maximum absolute atomic E-state index is 11.6. The Morgan fingerprint density at radius 1 is 1.62 bits per heavy atom. The quantitative estimate of drug-likeness (QED) is 0.644. The lowest BCUT2D eigenvalue weighted by Crippen LogP contribution is -2.17. The van der Waals surface area contributed by atoms with E-state index in [0.29, 0.717) is 6.54 Å². The molecule has 1 amide bonds. The zero-order valence-corrected chi connectivity index (χ0v) is 7.87. The Labute approximate surface area is 77.4 Å². The van der Waals surface area contributed by atoms with Crippen molar-refractivity contribution < 1.29 is 4.79 Å². The number of fused-ring (bicyclic) bond motifs is 1. The van der Waals surface area contributed by atoms with Crippen LogP contribution in [0.1, 0.15) is 28.5 Å². The summed E-state index contributed by atoms with van der Waals surface area (Å²) < 4.78 is 0. The van der Waals surface area contributed by atoms with Crippen LogP contribution >= 0.6 is 0 Å². The average Bonchev–Trinajstić information content (AvgIpc) is 2.43. The van der Waals surface area contributed by atoms with Crippen LogP contribution in [0.4, 0.5) is 0 Å². The molecular formula is C10H12N2O. The van der Waals surface area contributed by atoms with Crippen molar-refractivity contribution in [3.8, 4) is 0 Å². The van der Waals surface area contributed by atoms with E-state index in [0.717, 1.165) is 23.2 Å². The summed E-state index contributed by atoms with van der Waals surface area (Å²) in [5.41, 5.74) is 2.81. The molecular weight excluding hydrogens is 164 g/mol. The molecule has 0 radical (unpaired) electrons. The predicted molar refractivity (Wildman–Crippen MR) is 49.4 cm³/mol. The van der Waals surface area contributed by atoms with Crippen molar-refractivity contribution in [3.63, 3.8) is 0 Å². The van der Waals surface area contributed by atoms with Crippen LogP contribution in [0.2, 0.25) is 0 Å². The van der Waals surface area contributed by atoms with Gasteiger partial charge in [0.2, 0.25) is 0 Å². The van der Waals surface area contributed by atoms with Gasteiger partial charge in [0.25, 0.3) is 5.91 Å². The van der Waals surface area contributed by atoms with E-state index >= 15 is 0 Å². The van der Waals surface area contributed by atoms with Gasteiger partial charge in [-0.05, 0) is 18.1 Å². The van der Waals surface area contributed by atoms with E-state index in [9.17, 15) is 4.79 Å². The van der Waals surface area contributed by atoms with Crippen LogP contribution in [0.15, 0.2) is 12.3 Å². The van der Waals surface area contributed by atoms with Gasteiger partial charge in [-0.2, -0.15) is 0 Å². The number of carbonyl (C=O) groups excluding carboxylic acids is 1. The highest BCUT2D eigenvalue weighted by Crippen LogP contribution is 2.20. The van der Waals surface area contributed by atoms with Gasteiger partial charge in [-0.1, -0.05) is 6.92 Å². The Morgan fingerprint density at radius 3 is 3.08 bits per heavy atom. The van der Waals surface area contributed by atoms with Gasteiger partial charge in [-0.3, -0.25) is 9.78 Å². The van der Waals surface area contributed by atoms with E-state index in [4.69, 9.17) is 0 Å². The molecule has 0 bridgehead atoms. The first-order chi connectivity index (χ1) is 6.22.